The summed E-state index contributed by atoms with van der Waals surface area (Å²) < 4.78 is 8.52. The van der Waals surface area contributed by atoms with Crippen LogP contribution in [-0.2, 0) is 4.46 Å². The van der Waals surface area contributed by atoms with E-state index in [1.54, 1.807) is 0 Å². The molecule has 0 aliphatic carbocycles. The van der Waals surface area contributed by atoms with Crippen molar-refractivity contribution in [3.8, 4) is 0 Å². The minimum atomic E-state index is -3.63. The third-order valence-electron chi connectivity index (χ3n) is 0. The van der Waals surface area contributed by atoms with E-state index in [0.29, 0.717) is 0 Å². The van der Waals surface area contributed by atoms with Crippen LogP contribution in [-0.4, -0.2) is 9.17 Å². The van der Waals surface area contributed by atoms with Crippen molar-refractivity contribution in [2.75, 3.05) is 0 Å². The van der Waals surface area contributed by atoms with Crippen molar-refractivity contribution in [2.24, 2.45) is 0 Å². The standard InChI is InChI=1S/O3Si.Sm/c1-4(2)3;/q-2;. The summed E-state index contributed by atoms with van der Waals surface area (Å²) in [7, 11) is -3.63. The molecule has 5 heavy (non-hydrogen) atoms. The van der Waals surface area contributed by atoms with Crippen molar-refractivity contribution in [1.29, 1.82) is 0 Å². The predicted molar refractivity (Wildman–Crippen MR) is 6.44 cm³/mol. The molecule has 5 heteroatoms. The van der Waals surface area contributed by atoms with E-state index in [2.05, 4.69) is 0 Å². The van der Waals surface area contributed by atoms with E-state index < -0.39 is 9.17 Å². The van der Waals surface area contributed by atoms with Gasteiger partial charge in [-0.2, -0.15) is 0 Å². The van der Waals surface area contributed by atoms with Gasteiger partial charge < -0.3 is 14.1 Å². The Kier molecular flexibility index (Phi) is 9.26. The minimum absolute atomic E-state index is 0. The van der Waals surface area contributed by atoms with Crippen molar-refractivity contribution in [3.63, 3.8) is 0 Å². The molecule has 0 aliphatic heterocycles. The first-order valence-corrected chi connectivity index (χ1v) is 1.84. The summed E-state index contributed by atoms with van der Waals surface area (Å²) in [6.45, 7) is 0. The van der Waals surface area contributed by atoms with Crippen molar-refractivity contribution in [3.05, 3.63) is 0 Å². The Hall–Kier alpha value is 0.955. The zero-order valence-corrected chi connectivity index (χ0v) is 5.75. The molecule has 0 aromatic carbocycles. The molecule has 0 aromatic rings. The van der Waals surface area contributed by atoms with Crippen LogP contribution in [0.4, 0.5) is 0 Å². The van der Waals surface area contributed by atoms with Gasteiger partial charge >= 0.3 is 0 Å². The van der Waals surface area contributed by atoms with Crippen LogP contribution in [0.25, 0.3) is 0 Å². The van der Waals surface area contributed by atoms with Gasteiger partial charge in [-0.3, -0.25) is 0 Å². The van der Waals surface area contributed by atoms with Crippen LogP contribution in [0, 0.1) is 40.4 Å². The Labute approximate surface area is 63.0 Å². The minimum Gasteiger partial charge on any atom is -0.672 e. The summed E-state index contributed by atoms with van der Waals surface area (Å²) >= 11 is 0. The summed E-state index contributed by atoms with van der Waals surface area (Å²) in [4.78, 5) is 17.0. The number of hydrogen-bond acceptors (Lipinski definition) is 3. The van der Waals surface area contributed by atoms with Gasteiger partial charge in [0.25, 0.3) is 0 Å². The van der Waals surface area contributed by atoms with Crippen molar-refractivity contribution < 1.29 is 54.4 Å². The Balaban J connectivity index is 0. The largest absolute Gasteiger partial charge is 0.672 e. The Morgan fingerprint density at radius 3 is 1.40 bits per heavy atom. The van der Waals surface area contributed by atoms with E-state index in [1.165, 1.54) is 0 Å². The second-order valence-corrected chi connectivity index (χ2v) is 0.750. The Morgan fingerprint density at radius 2 is 1.40 bits per heavy atom. The average molecular weight is 226 g/mol. The molecule has 0 amide bonds. The molecule has 0 heterocycles. The topological polar surface area (TPSA) is 63.2 Å². The van der Waals surface area contributed by atoms with Gasteiger partial charge in [-0.15, -0.1) is 0 Å². The van der Waals surface area contributed by atoms with Gasteiger partial charge in [0.2, 0.25) is 0 Å². The maximum absolute atomic E-state index is 8.52. The summed E-state index contributed by atoms with van der Waals surface area (Å²) in [6, 6.07) is 0. The molecule has 0 rings (SSSR count). The molecule has 0 fully saturated rings. The predicted octanol–water partition coefficient (Wildman–Crippen LogP) is -2.88. The van der Waals surface area contributed by atoms with Crippen LogP contribution in [0.3, 0.4) is 0 Å². The third-order valence-corrected chi connectivity index (χ3v) is 0. The van der Waals surface area contributed by atoms with Gasteiger partial charge in [0, 0.05) is 49.6 Å². The summed E-state index contributed by atoms with van der Waals surface area (Å²) in [5.74, 6) is 0. The molecule has 0 saturated carbocycles. The van der Waals surface area contributed by atoms with Crippen molar-refractivity contribution >= 4 is 9.17 Å². The molecular formula is O3SiSm-2. The SMILES string of the molecule is O=[Si]([O-])[O-].[Sm]. The summed E-state index contributed by atoms with van der Waals surface area (Å²) in [6.07, 6.45) is 0. The maximum atomic E-state index is 8.52. The van der Waals surface area contributed by atoms with Gasteiger partial charge in [-0.05, 0) is 0 Å². The van der Waals surface area contributed by atoms with Gasteiger partial charge in [0.05, 0.1) is 0 Å². The van der Waals surface area contributed by atoms with E-state index in [4.69, 9.17) is 14.1 Å². The second kappa shape index (κ2) is 4.95. The van der Waals surface area contributed by atoms with E-state index in [0.717, 1.165) is 0 Å². The van der Waals surface area contributed by atoms with E-state index >= 15 is 0 Å². The number of rotatable bonds is 0. The second-order valence-electron chi connectivity index (χ2n) is 0.250. The molecule has 3 nitrogen and oxygen atoms in total. The van der Waals surface area contributed by atoms with E-state index in [1.807, 2.05) is 0 Å². The molecule has 0 spiro atoms. The Bertz CT molecular complexity index is 29.9. The van der Waals surface area contributed by atoms with Gasteiger partial charge in [-0.1, -0.05) is 0 Å². The Morgan fingerprint density at radius 1 is 1.40 bits per heavy atom. The van der Waals surface area contributed by atoms with Crippen LogP contribution in [0.5, 0.6) is 0 Å². The summed E-state index contributed by atoms with van der Waals surface area (Å²) in [5.41, 5.74) is 0. The molecule has 0 saturated heterocycles. The van der Waals surface area contributed by atoms with Gasteiger partial charge in [0.1, 0.15) is 0 Å². The zero-order chi connectivity index (χ0) is 3.58. The normalized spacial score (nSPS) is 4.80. The van der Waals surface area contributed by atoms with Gasteiger partial charge in [0.15, 0.2) is 0 Å². The zero-order valence-electron chi connectivity index (χ0n) is 2.13. The monoisotopic (exact) mass is 228 g/mol. The molecule has 0 aliphatic rings. The fourth-order valence-corrected chi connectivity index (χ4v) is 0. The quantitative estimate of drug-likeness (QED) is 0.417. The van der Waals surface area contributed by atoms with Gasteiger partial charge in [-0.25, -0.2) is 0 Å². The summed E-state index contributed by atoms with van der Waals surface area (Å²) in [5, 5.41) is 0. The van der Waals surface area contributed by atoms with Crippen LogP contribution in [0.2, 0.25) is 0 Å². The smallest absolute Gasteiger partial charge is 0.0172 e. The van der Waals surface area contributed by atoms with E-state index in [-0.39, 0.29) is 40.4 Å². The number of hydrogen-bond donors (Lipinski definition) is 0. The molecule has 0 N–H and O–H groups in total. The van der Waals surface area contributed by atoms with Crippen LogP contribution in [0.1, 0.15) is 0 Å². The molecule has 0 aromatic heterocycles. The van der Waals surface area contributed by atoms with Crippen LogP contribution < -0.4 is 9.59 Å². The molecule has 30 valence electrons. The fourth-order valence-electron chi connectivity index (χ4n) is 0. The first-order valence-electron chi connectivity index (χ1n) is 0.612. The maximum Gasteiger partial charge on any atom is 0.0172 e. The first kappa shape index (κ1) is 9.35. The molecule has 0 atom stereocenters. The fraction of sp³-hybridized carbons (Fsp3) is 0. The molecular weight excluding hydrogens is 226 g/mol. The molecule has 0 radical (unpaired) electrons. The molecule has 0 unspecified atom stereocenters. The van der Waals surface area contributed by atoms with Crippen LogP contribution in [0.15, 0.2) is 0 Å². The van der Waals surface area contributed by atoms with Crippen molar-refractivity contribution in [2.45, 2.75) is 0 Å². The molecule has 0 bridgehead atoms. The average Bonchev–Trinajstić information content (AvgIpc) is 0.811. The van der Waals surface area contributed by atoms with Crippen molar-refractivity contribution in [1.82, 2.24) is 0 Å². The van der Waals surface area contributed by atoms with Crippen LogP contribution >= 0.6 is 0 Å². The third kappa shape index (κ3) is 47.5. The first-order chi connectivity index (χ1) is 1.73. The van der Waals surface area contributed by atoms with E-state index in [9.17, 15) is 0 Å².